The molecule has 1 aliphatic rings. The van der Waals surface area contributed by atoms with Gasteiger partial charge in [-0.2, -0.15) is 0 Å². The van der Waals surface area contributed by atoms with Crippen LogP contribution < -0.4 is 5.32 Å². The van der Waals surface area contributed by atoms with E-state index in [1.807, 2.05) is 7.05 Å². The Balaban J connectivity index is 2.08. The lowest BCUT2D eigenvalue weighted by Crippen LogP contribution is -2.20. The van der Waals surface area contributed by atoms with Crippen LogP contribution in [-0.2, 0) is 4.74 Å². The van der Waals surface area contributed by atoms with Gasteiger partial charge in [-0.3, -0.25) is 5.32 Å². The van der Waals surface area contributed by atoms with Gasteiger partial charge in [0, 0.05) is 0 Å². The zero-order chi connectivity index (χ0) is 8.32. The van der Waals surface area contributed by atoms with Crippen molar-refractivity contribution < 1.29 is 4.74 Å². The van der Waals surface area contributed by atoms with Gasteiger partial charge >= 0.3 is 0 Å². The first-order valence-corrected chi connectivity index (χ1v) is 4.58. The number of likely N-dealkylation sites (N-methyl/N-ethyl adjacent to an activating group) is 1. The van der Waals surface area contributed by atoms with Crippen LogP contribution in [-0.4, -0.2) is 18.9 Å². The summed E-state index contributed by atoms with van der Waals surface area (Å²) in [5, 5.41) is 3.13. The van der Waals surface area contributed by atoms with Crippen LogP contribution >= 0.6 is 0 Å². The van der Waals surface area contributed by atoms with E-state index < -0.39 is 0 Å². The molecule has 2 nitrogen and oxygen atoms in total. The lowest BCUT2D eigenvalue weighted by Gasteiger charge is -2.03. The van der Waals surface area contributed by atoms with Crippen LogP contribution in [0, 0.1) is 0 Å². The number of hydrogen-bond acceptors (Lipinski definition) is 2. The molecule has 0 aromatic carbocycles. The predicted molar refractivity (Wildman–Crippen MR) is 46.5 cm³/mol. The average Bonchev–Trinajstić information content (AvgIpc) is 2.63. The Labute approximate surface area is 69.3 Å². The molecule has 66 valence electrons. The molecule has 2 unspecified atom stereocenters. The van der Waals surface area contributed by atoms with Gasteiger partial charge in [-0.25, -0.2) is 0 Å². The first-order chi connectivity index (χ1) is 5.23. The van der Waals surface area contributed by atoms with Crippen molar-refractivity contribution >= 4 is 0 Å². The lowest BCUT2D eigenvalue weighted by molar-refractivity contribution is 0.286. The van der Waals surface area contributed by atoms with Crippen molar-refractivity contribution in [2.75, 3.05) is 7.05 Å². The molecule has 1 heterocycles. The van der Waals surface area contributed by atoms with Gasteiger partial charge in [0.05, 0.1) is 0 Å². The second kappa shape index (κ2) is 3.55. The van der Waals surface area contributed by atoms with Crippen LogP contribution in [0.5, 0.6) is 0 Å². The first-order valence-electron chi connectivity index (χ1n) is 4.58. The maximum absolute atomic E-state index is 5.49. The molecule has 1 N–H and O–H groups in total. The molecule has 1 saturated heterocycles. The molecule has 1 aliphatic heterocycles. The molecule has 0 aromatic heterocycles. The molecule has 0 radical (unpaired) electrons. The van der Waals surface area contributed by atoms with Crippen LogP contribution in [0.2, 0.25) is 0 Å². The Morgan fingerprint density at radius 3 is 2.64 bits per heavy atom. The fourth-order valence-electron chi connectivity index (χ4n) is 1.52. The van der Waals surface area contributed by atoms with Crippen LogP contribution in [0.4, 0.5) is 0 Å². The standard InChI is InChI=1S/C9H19NO/c1-4-5-6-7-9(2)8(10-3)11-9/h8,10H,4-7H2,1-3H3. The van der Waals surface area contributed by atoms with Crippen molar-refractivity contribution in [2.45, 2.75) is 51.4 Å². The first kappa shape index (κ1) is 9.01. The molecule has 2 heteroatoms. The summed E-state index contributed by atoms with van der Waals surface area (Å²) in [6, 6.07) is 0. The van der Waals surface area contributed by atoms with Crippen molar-refractivity contribution in [3.8, 4) is 0 Å². The van der Waals surface area contributed by atoms with E-state index in [1.54, 1.807) is 0 Å². The average molecular weight is 157 g/mol. The molecule has 11 heavy (non-hydrogen) atoms. The van der Waals surface area contributed by atoms with Crippen molar-refractivity contribution in [2.24, 2.45) is 0 Å². The highest BCUT2D eigenvalue weighted by Crippen LogP contribution is 2.38. The summed E-state index contributed by atoms with van der Waals surface area (Å²) in [6.45, 7) is 4.41. The Hall–Kier alpha value is -0.0800. The van der Waals surface area contributed by atoms with Gasteiger partial charge in [0.25, 0.3) is 0 Å². The minimum Gasteiger partial charge on any atom is -0.350 e. The number of ether oxygens (including phenoxy) is 1. The van der Waals surface area contributed by atoms with Crippen LogP contribution in [0.15, 0.2) is 0 Å². The predicted octanol–water partition coefficient (Wildman–Crippen LogP) is 1.90. The normalized spacial score (nSPS) is 35.7. The molecule has 1 rings (SSSR count). The fourth-order valence-corrected chi connectivity index (χ4v) is 1.52. The third kappa shape index (κ3) is 2.17. The number of rotatable bonds is 5. The molecule has 0 amide bonds. The van der Waals surface area contributed by atoms with Gasteiger partial charge in [0.1, 0.15) is 11.8 Å². The second-order valence-corrected chi connectivity index (χ2v) is 3.56. The molecule has 1 fully saturated rings. The summed E-state index contributed by atoms with van der Waals surface area (Å²) in [6.07, 6.45) is 5.44. The molecule has 0 aromatic rings. The number of nitrogens with one attached hydrogen (secondary N) is 1. The SMILES string of the molecule is CCCCCC1(C)OC1NC. The van der Waals surface area contributed by atoms with Crippen molar-refractivity contribution in [1.82, 2.24) is 5.32 Å². The number of epoxide rings is 1. The van der Waals surface area contributed by atoms with E-state index in [0.717, 1.165) is 0 Å². The van der Waals surface area contributed by atoms with E-state index in [2.05, 4.69) is 19.2 Å². The molecular formula is C9H19NO. The van der Waals surface area contributed by atoms with Crippen molar-refractivity contribution in [3.05, 3.63) is 0 Å². The maximum atomic E-state index is 5.49. The highest BCUT2D eigenvalue weighted by Gasteiger charge is 2.50. The fraction of sp³-hybridized carbons (Fsp3) is 1.00. The zero-order valence-corrected chi connectivity index (χ0v) is 7.81. The summed E-state index contributed by atoms with van der Waals surface area (Å²) in [5.41, 5.74) is 0.157. The zero-order valence-electron chi connectivity index (χ0n) is 7.81. The second-order valence-electron chi connectivity index (χ2n) is 3.56. The topological polar surface area (TPSA) is 24.6 Å². The Morgan fingerprint density at radius 1 is 1.45 bits per heavy atom. The van der Waals surface area contributed by atoms with Gasteiger partial charge in [-0.1, -0.05) is 26.2 Å². The van der Waals surface area contributed by atoms with Gasteiger partial charge in [0.2, 0.25) is 0 Å². The highest BCUT2D eigenvalue weighted by molar-refractivity contribution is 4.95. The van der Waals surface area contributed by atoms with Crippen molar-refractivity contribution in [3.63, 3.8) is 0 Å². The smallest absolute Gasteiger partial charge is 0.137 e. The van der Waals surface area contributed by atoms with Crippen LogP contribution in [0.3, 0.4) is 0 Å². The molecule has 2 atom stereocenters. The minimum atomic E-state index is 0.157. The lowest BCUT2D eigenvalue weighted by atomic mass is 10.0. The van der Waals surface area contributed by atoms with Gasteiger partial charge in [0.15, 0.2) is 0 Å². The number of unbranched alkanes of at least 4 members (excludes halogenated alkanes) is 2. The summed E-state index contributed by atoms with van der Waals surface area (Å²) in [4.78, 5) is 0. The van der Waals surface area contributed by atoms with E-state index in [4.69, 9.17) is 4.74 Å². The maximum Gasteiger partial charge on any atom is 0.137 e. The summed E-state index contributed by atoms with van der Waals surface area (Å²) >= 11 is 0. The van der Waals surface area contributed by atoms with E-state index in [-0.39, 0.29) is 5.60 Å². The summed E-state index contributed by atoms with van der Waals surface area (Å²) < 4.78 is 5.49. The van der Waals surface area contributed by atoms with Crippen LogP contribution in [0.25, 0.3) is 0 Å². The van der Waals surface area contributed by atoms with Gasteiger partial charge in [-0.15, -0.1) is 0 Å². The molecular weight excluding hydrogens is 138 g/mol. The van der Waals surface area contributed by atoms with E-state index in [1.165, 1.54) is 25.7 Å². The molecule has 0 spiro atoms. The summed E-state index contributed by atoms with van der Waals surface area (Å²) in [5.74, 6) is 0. The van der Waals surface area contributed by atoms with Crippen molar-refractivity contribution in [1.29, 1.82) is 0 Å². The molecule has 0 saturated carbocycles. The molecule has 0 bridgehead atoms. The highest BCUT2D eigenvalue weighted by atomic mass is 16.6. The van der Waals surface area contributed by atoms with E-state index >= 15 is 0 Å². The minimum absolute atomic E-state index is 0.157. The van der Waals surface area contributed by atoms with Crippen LogP contribution in [0.1, 0.15) is 39.5 Å². The Kier molecular flexibility index (Phi) is 2.90. The molecule has 0 aliphatic carbocycles. The third-order valence-electron chi connectivity index (χ3n) is 2.42. The Bertz CT molecular complexity index is 127. The summed E-state index contributed by atoms with van der Waals surface area (Å²) in [7, 11) is 1.95. The monoisotopic (exact) mass is 157 g/mol. The number of hydrogen-bond donors (Lipinski definition) is 1. The van der Waals surface area contributed by atoms with Gasteiger partial charge in [-0.05, 0) is 20.4 Å². The van der Waals surface area contributed by atoms with E-state index in [9.17, 15) is 0 Å². The third-order valence-corrected chi connectivity index (χ3v) is 2.42. The van der Waals surface area contributed by atoms with Gasteiger partial charge < -0.3 is 4.74 Å². The van der Waals surface area contributed by atoms with E-state index in [0.29, 0.717) is 6.23 Å². The largest absolute Gasteiger partial charge is 0.350 e. The Morgan fingerprint density at radius 2 is 2.18 bits per heavy atom. The quantitative estimate of drug-likeness (QED) is 0.487.